The first-order chi connectivity index (χ1) is 18.2. The van der Waals surface area contributed by atoms with Crippen molar-refractivity contribution in [3.05, 3.63) is 65.5 Å². The summed E-state index contributed by atoms with van der Waals surface area (Å²) in [6.07, 6.45) is 8.79. The van der Waals surface area contributed by atoms with Crippen molar-refractivity contribution < 1.29 is 14.3 Å². The van der Waals surface area contributed by atoms with Gasteiger partial charge < -0.3 is 20.6 Å². The van der Waals surface area contributed by atoms with E-state index in [9.17, 15) is 14.3 Å². The molecule has 1 atom stereocenters. The summed E-state index contributed by atoms with van der Waals surface area (Å²) < 4.78 is 16.2. The zero-order valence-corrected chi connectivity index (χ0v) is 21.6. The topological polar surface area (TPSA) is 108 Å². The number of halogens is 1. The molecular formula is C28H30FN7O2. The molecule has 0 bridgehead atoms. The molecule has 196 valence electrons. The molecule has 1 saturated heterocycles. The normalized spacial score (nSPS) is 17.6. The van der Waals surface area contributed by atoms with E-state index in [0.717, 1.165) is 37.2 Å². The number of aromatic nitrogens is 4. The Bertz CT molecular complexity index is 1540. The summed E-state index contributed by atoms with van der Waals surface area (Å²) in [5.41, 5.74) is 3.98. The van der Waals surface area contributed by atoms with Gasteiger partial charge in [-0.15, -0.1) is 0 Å². The summed E-state index contributed by atoms with van der Waals surface area (Å²) in [6.45, 7) is 7.46. The van der Waals surface area contributed by atoms with Crippen molar-refractivity contribution in [2.75, 3.05) is 23.3 Å². The van der Waals surface area contributed by atoms with Gasteiger partial charge in [0, 0.05) is 37.3 Å². The van der Waals surface area contributed by atoms with E-state index >= 15 is 0 Å². The molecule has 9 nitrogen and oxygen atoms in total. The fourth-order valence-electron chi connectivity index (χ4n) is 5.42. The Hall–Kier alpha value is -4.05. The maximum absolute atomic E-state index is 14.6. The average Bonchev–Trinajstić information content (AvgIpc) is 3.51. The molecule has 6 rings (SSSR count). The molecule has 0 spiro atoms. The fourth-order valence-corrected chi connectivity index (χ4v) is 5.42. The van der Waals surface area contributed by atoms with Gasteiger partial charge in [-0.1, -0.05) is 0 Å². The maximum Gasteiger partial charge on any atom is 0.254 e. The van der Waals surface area contributed by atoms with Crippen LogP contribution in [0.4, 0.5) is 21.6 Å². The minimum absolute atomic E-state index is 0.202. The number of carbonyl (C=O) groups excluding carboxylic acids is 1. The number of rotatable bonds is 5. The van der Waals surface area contributed by atoms with Crippen molar-refractivity contribution in [2.24, 2.45) is 5.92 Å². The van der Waals surface area contributed by atoms with Crippen LogP contribution in [0.25, 0.3) is 17.0 Å². The lowest BCUT2D eigenvalue weighted by Gasteiger charge is -2.39. The first kappa shape index (κ1) is 24.3. The van der Waals surface area contributed by atoms with E-state index in [1.807, 2.05) is 32.2 Å². The lowest BCUT2D eigenvalue weighted by Crippen LogP contribution is -2.44. The molecule has 4 aromatic rings. The quantitative estimate of drug-likeness (QED) is 0.365. The lowest BCUT2D eigenvalue weighted by molar-refractivity contribution is 0.0110. The van der Waals surface area contributed by atoms with Crippen molar-refractivity contribution in [3.63, 3.8) is 0 Å². The van der Waals surface area contributed by atoms with Gasteiger partial charge in [-0.05, 0) is 57.4 Å². The Morgan fingerprint density at radius 2 is 2.00 bits per heavy atom. The largest absolute Gasteiger partial charge is 0.390 e. The van der Waals surface area contributed by atoms with Crippen LogP contribution in [0.15, 0.2) is 43.0 Å². The number of hydrogen-bond acceptors (Lipinski definition) is 7. The van der Waals surface area contributed by atoms with Crippen LogP contribution in [-0.2, 0) is 6.54 Å². The minimum Gasteiger partial charge on any atom is -0.390 e. The molecule has 0 radical (unpaired) electrons. The van der Waals surface area contributed by atoms with Crippen LogP contribution in [0.5, 0.6) is 0 Å². The number of anilines is 3. The second-order valence-electron chi connectivity index (χ2n) is 10.7. The molecule has 0 saturated carbocycles. The molecule has 0 unspecified atom stereocenters. The van der Waals surface area contributed by atoms with E-state index < -0.39 is 5.60 Å². The van der Waals surface area contributed by atoms with Gasteiger partial charge >= 0.3 is 0 Å². The SMILES string of the molecule is Cc1ccn2c(-c3ncc(Nc4ccc(N5CCC[C@H](C(C)(C)O)C5)cn4)c4c3CNC4=O)cnc2c1F. The monoisotopic (exact) mass is 515 g/mol. The maximum atomic E-state index is 14.6. The third-order valence-electron chi connectivity index (χ3n) is 7.68. The minimum atomic E-state index is -0.718. The van der Waals surface area contributed by atoms with Crippen LogP contribution < -0.4 is 15.5 Å². The Morgan fingerprint density at radius 3 is 2.76 bits per heavy atom. The standard InChI is InChI=1S/C28H30FN7O2/c1-16-8-10-36-21(14-32-26(36)24(16)29)25-19-12-33-27(37)23(19)20(13-31-25)34-22-7-6-18(11-30-22)35-9-4-5-17(15-35)28(2,3)38/h6-8,10-11,13-14,17,38H,4-5,9,12,15H2,1-3H3,(H,30,34)(H,33,37)/t17-/m0/s1. The molecule has 2 aliphatic heterocycles. The Balaban J connectivity index is 1.28. The number of imidazole rings is 1. The molecule has 0 aromatic carbocycles. The summed E-state index contributed by atoms with van der Waals surface area (Å²) in [7, 11) is 0. The molecule has 10 heteroatoms. The van der Waals surface area contributed by atoms with Gasteiger partial charge in [-0.25, -0.2) is 14.4 Å². The predicted molar refractivity (Wildman–Crippen MR) is 143 cm³/mol. The van der Waals surface area contributed by atoms with Crippen molar-refractivity contribution in [1.82, 2.24) is 24.7 Å². The molecular weight excluding hydrogens is 485 g/mol. The van der Waals surface area contributed by atoms with E-state index in [1.165, 1.54) is 0 Å². The van der Waals surface area contributed by atoms with Gasteiger partial charge in [0.15, 0.2) is 11.5 Å². The molecule has 38 heavy (non-hydrogen) atoms. The Kier molecular flexibility index (Phi) is 5.79. The second kappa shape index (κ2) is 9.05. The third kappa shape index (κ3) is 4.14. The molecule has 1 amide bonds. The molecule has 2 aliphatic rings. The third-order valence-corrected chi connectivity index (χ3v) is 7.68. The van der Waals surface area contributed by atoms with E-state index in [-0.39, 0.29) is 23.3 Å². The highest BCUT2D eigenvalue weighted by atomic mass is 19.1. The van der Waals surface area contributed by atoms with E-state index in [2.05, 4.69) is 30.5 Å². The number of piperidine rings is 1. The van der Waals surface area contributed by atoms with Crippen LogP contribution >= 0.6 is 0 Å². The average molecular weight is 516 g/mol. The summed E-state index contributed by atoms with van der Waals surface area (Å²) >= 11 is 0. The van der Waals surface area contributed by atoms with Crippen molar-refractivity contribution in [3.8, 4) is 11.4 Å². The van der Waals surface area contributed by atoms with Gasteiger partial charge in [0.25, 0.3) is 5.91 Å². The fraction of sp³-hybridized carbons (Fsp3) is 0.357. The smallest absolute Gasteiger partial charge is 0.254 e. The molecule has 6 heterocycles. The number of hydrogen-bond donors (Lipinski definition) is 3. The van der Waals surface area contributed by atoms with Crippen molar-refractivity contribution >= 4 is 28.7 Å². The summed E-state index contributed by atoms with van der Waals surface area (Å²) in [6, 6.07) is 5.57. The summed E-state index contributed by atoms with van der Waals surface area (Å²) in [5.74, 6) is 0.212. The number of fused-ring (bicyclic) bond motifs is 2. The van der Waals surface area contributed by atoms with Gasteiger partial charge in [-0.3, -0.25) is 14.2 Å². The first-order valence-electron chi connectivity index (χ1n) is 12.8. The van der Waals surface area contributed by atoms with Crippen molar-refractivity contribution in [1.29, 1.82) is 0 Å². The molecule has 1 fully saturated rings. The molecule has 3 N–H and O–H groups in total. The van der Waals surface area contributed by atoms with Gasteiger partial charge in [-0.2, -0.15) is 0 Å². The second-order valence-corrected chi connectivity index (χ2v) is 10.7. The number of amides is 1. The van der Waals surface area contributed by atoms with E-state index in [0.29, 0.717) is 40.6 Å². The van der Waals surface area contributed by atoms with Gasteiger partial charge in [0.1, 0.15) is 5.82 Å². The predicted octanol–water partition coefficient (Wildman–Crippen LogP) is 4.21. The number of carbonyl (C=O) groups is 1. The van der Waals surface area contributed by atoms with Crippen molar-refractivity contribution in [2.45, 2.75) is 45.8 Å². The number of aryl methyl sites for hydroxylation is 1. The number of nitrogens with zero attached hydrogens (tertiary/aromatic N) is 5. The van der Waals surface area contributed by atoms with Crippen LogP contribution in [-0.4, -0.2) is 49.1 Å². The van der Waals surface area contributed by atoms with E-state index in [4.69, 9.17) is 0 Å². The number of pyridine rings is 3. The zero-order valence-electron chi connectivity index (χ0n) is 21.6. The highest BCUT2D eigenvalue weighted by Gasteiger charge is 2.32. The van der Waals surface area contributed by atoms with Gasteiger partial charge in [0.05, 0.1) is 52.5 Å². The summed E-state index contributed by atoms with van der Waals surface area (Å²) in [5, 5.41) is 16.6. The Labute approximate surface area is 219 Å². The van der Waals surface area contributed by atoms with Crippen LogP contribution in [0, 0.1) is 18.7 Å². The van der Waals surface area contributed by atoms with Gasteiger partial charge in [0.2, 0.25) is 0 Å². The summed E-state index contributed by atoms with van der Waals surface area (Å²) in [4.78, 5) is 28.6. The number of aliphatic hydroxyl groups is 1. The van der Waals surface area contributed by atoms with Crippen LogP contribution in [0.1, 0.15) is 48.2 Å². The van der Waals surface area contributed by atoms with Crippen LogP contribution in [0.2, 0.25) is 0 Å². The lowest BCUT2D eigenvalue weighted by atomic mass is 9.84. The number of nitrogens with one attached hydrogen (secondary N) is 2. The molecule has 4 aromatic heterocycles. The highest BCUT2D eigenvalue weighted by Crippen LogP contribution is 2.34. The Morgan fingerprint density at radius 1 is 1.16 bits per heavy atom. The zero-order chi connectivity index (χ0) is 26.6. The molecule has 0 aliphatic carbocycles. The van der Waals surface area contributed by atoms with E-state index in [1.54, 1.807) is 36.0 Å². The van der Waals surface area contributed by atoms with Crippen LogP contribution in [0.3, 0.4) is 0 Å². The highest BCUT2D eigenvalue weighted by molar-refractivity contribution is 6.05. The first-order valence-corrected chi connectivity index (χ1v) is 12.8.